The van der Waals surface area contributed by atoms with Crippen LogP contribution in [0.15, 0.2) is 30.5 Å². The number of fused-ring (bicyclic) bond motifs is 2. The number of phenols is 1. The highest BCUT2D eigenvalue weighted by Crippen LogP contribution is 2.36. The minimum absolute atomic E-state index is 0.0383. The minimum atomic E-state index is -0.637. The first-order valence-electron chi connectivity index (χ1n) is 11.0. The van der Waals surface area contributed by atoms with Gasteiger partial charge in [0.2, 0.25) is 0 Å². The van der Waals surface area contributed by atoms with E-state index in [1.165, 1.54) is 0 Å². The second-order valence-corrected chi connectivity index (χ2v) is 8.97. The number of nitrogens with one attached hydrogen (secondary N) is 1. The van der Waals surface area contributed by atoms with Gasteiger partial charge in [0.1, 0.15) is 11.4 Å². The molecule has 4 aromatic rings. The maximum Gasteiger partial charge on any atom is 0.268 e. The summed E-state index contributed by atoms with van der Waals surface area (Å²) in [5.74, 6) is -0.349. The van der Waals surface area contributed by atoms with Crippen molar-refractivity contribution in [2.75, 3.05) is 18.0 Å². The van der Waals surface area contributed by atoms with E-state index in [0.717, 1.165) is 24.2 Å². The van der Waals surface area contributed by atoms with Gasteiger partial charge in [-0.15, -0.1) is 0 Å². The lowest BCUT2D eigenvalue weighted by Crippen LogP contribution is -2.54. The van der Waals surface area contributed by atoms with Gasteiger partial charge in [0.25, 0.3) is 5.91 Å². The Kier molecular flexibility index (Phi) is 4.93. The second kappa shape index (κ2) is 7.70. The van der Waals surface area contributed by atoms with Crippen molar-refractivity contribution in [1.82, 2.24) is 25.1 Å². The molecular weight excluding hydrogens is 418 g/mol. The van der Waals surface area contributed by atoms with E-state index in [0.29, 0.717) is 39.6 Å². The molecule has 0 unspecified atom stereocenters. The number of carbonyl (C=O) groups is 1. The van der Waals surface area contributed by atoms with Gasteiger partial charge in [0, 0.05) is 60.4 Å². The third-order valence-corrected chi connectivity index (χ3v) is 6.20. The maximum atomic E-state index is 12.4. The van der Waals surface area contributed by atoms with Gasteiger partial charge < -0.3 is 21.1 Å². The number of benzene rings is 2. The molecule has 9 nitrogen and oxygen atoms in total. The fourth-order valence-electron chi connectivity index (χ4n) is 4.77. The van der Waals surface area contributed by atoms with Crippen molar-refractivity contribution in [3.05, 3.63) is 41.7 Å². The van der Waals surface area contributed by atoms with E-state index >= 15 is 0 Å². The highest BCUT2D eigenvalue weighted by atomic mass is 16.3. The van der Waals surface area contributed by atoms with Crippen molar-refractivity contribution in [2.24, 2.45) is 12.8 Å². The van der Waals surface area contributed by atoms with Crippen LogP contribution in [-0.2, 0) is 7.05 Å². The monoisotopic (exact) mass is 445 g/mol. The Morgan fingerprint density at radius 2 is 1.91 bits per heavy atom. The maximum absolute atomic E-state index is 12.4. The van der Waals surface area contributed by atoms with Gasteiger partial charge in [-0.25, -0.2) is 9.97 Å². The zero-order valence-electron chi connectivity index (χ0n) is 19.1. The van der Waals surface area contributed by atoms with Crippen LogP contribution in [-0.4, -0.2) is 55.9 Å². The molecule has 4 N–H and O–H groups in total. The Hall–Kier alpha value is -3.72. The summed E-state index contributed by atoms with van der Waals surface area (Å²) in [6.07, 6.45) is 1.86. The number of carbonyl (C=O) groups excluding carboxylic acids is 1. The van der Waals surface area contributed by atoms with E-state index in [1.807, 2.05) is 31.4 Å². The summed E-state index contributed by atoms with van der Waals surface area (Å²) in [6, 6.07) is 8.31. The first-order chi connectivity index (χ1) is 15.7. The van der Waals surface area contributed by atoms with Gasteiger partial charge in [0.05, 0.1) is 16.6 Å². The highest BCUT2D eigenvalue weighted by molar-refractivity contribution is 6.05. The first kappa shape index (κ1) is 21.1. The van der Waals surface area contributed by atoms with Crippen LogP contribution in [0.1, 0.15) is 29.9 Å². The summed E-state index contributed by atoms with van der Waals surface area (Å²) in [6.45, 7) is 7.83. The molecule has 0 aliphatic carbocycles. The number of rotatable bonds is 3. The Morgan fingerprint density at radius 1 is 1.18 bits per heavy atom. The summed E-state index contributed by atoms with van der Waals surface area (Å²) >= 11 is 0. The van der Waals surface area contributed by atoms with Crippen LogP contribution < -0.4 is 16.0 Å². The van der Waals surface area contributed by atoms with Crippen molar-refractivity contribution in [2.45, 2.75) is 32.9 Å². The predicted molar refractivity (Wildman–Crippen MR) is 128 cm³/mol. The number of nitrogens with zero attached hydrogens (tertiary/aromatic N) is 5. The third kappa shape index (κ3) is 3.64. The number of aromatic hydroxyl groups is 1. The number of hydrogen-bond donors (Lipinski definition) is 3. The SMILES string of the molecule is Cc1c(O)c(-c2nc(C(N)=O)c3cc(N4C[C@@H](C)N[C@H](C)C4)ccc3n2)cc2cn(C)nc12. The van der Waals surface area contributed by atoms with Crippen molar-refractivity contribution >= 4 is 33.4 Å². The minimum Gasteiger partial charge on any atom is -0.507 e. The summed E-state index contributed by atoms with van der Waals surface area (Å²) in [7, 11) is 1.82. The van der Waals surface area contributed by atoms with Crippen molar-refractivity contribution in [3.63, 3.8) is 0 Å². The standard InChI is InChI=1S/C24H27N7O2/c1-12-9-31(10-13(2)26-12)16-5-6-19-17(8-16)21(23(25)33)28-24(27-19)18-7-15-11-30(4)29-20(15)14(3)22(18)32/h5-8,11-13,26,32H,9-10H2,1-4H3,(H2,25,33)/t12-,13-/m1/s1. The fourth-order valence-corrected chi connectivity index (χ4v) is 4.77. The van der Waals surface area contributed by atoms with E-state index in [2.05, 4.69) is 39.1 Å². The Bertz CT molecular complexity index is 1400. The molecule has 1 fully saturated rings. The molecule has 1 aliphatic rings. The zero-order chi connectivity index (χ0) is 23.4. The normalized spacial score (nSPS) is 18.8. The molecule has 2 aromatic carbocycles. The van der Waals surface area contributed by atoms with E-state index < -0.39 is 5.91 Å². The number of hydrogen-bond acceptors (Lipinski definition) is 7. The van der Waals surface area contributed by atoms with Gasteiger partial charge in [-0.05, 0) is 45.0 Å². The van der Waals surface area contributed by atoms with Gasteiger partial charge >= 0.3 is 0 Å². The van der Waals surface area contributed by atoms with Gasteiger partial charge in [-0.3, -0.25) is 9.48 Å². The molecule has 0 bridgehead atoms. The molecular formula is C24H27N7O2. The smallest absolute Gasteiger partial charge is 0.268 e. The molecule has 0 spiro atoms. The molecule has 2 atom stereocenters. The largest absolute Gasteiger partial charge is 0.507 e. The van der Waals surface area contributed by atoms with Crippen LogP contribution in [0.2, 0.25) is 0 Å². The predicted octanol–water partition coefficient (Wildman–Crippen LogP) is 2.48. The zero-order valence-corrected chi connectivity index (χ0v) is 19.1. The van der Waals surface area contributed by atoms with Crippen molar-refractivity contribution < 1.29 is 9.90 Å². The number of piperazine rings is 1. The highest BCUT2D eigenvalue weighted by Gasteiger charge is 2.23. The van der Waals surface area contributed by atoms with Crippen LogP contribution in [0.5, 0.6) is 5.75 Å². The second-order valence-electron chi connectivity index (χ2n) is 8.97. The quantitative estimate of drug-likeness (QED) is 0.443. The van der Waals surface area contributed by atoms with Crippen molar-refractivity contribution in [1.29, 1.82) is 0 Å². The fraction of sp³-hybridized carbons (Fsp3) is 0.333. The number of phenolic OH excluding ortho intramolecular Hbond substituents is 1. The molecule has 9 heteroatoms. The number of amides is 1. The third-order valence-electron chi connectivity index (χ3n) is 6.20. The van der Waals surface area contributed by atoms with Gasteiger partial charge in [0.15, 0.2) is 5.82 Å². The number of anilines is 1. The lowest BCUT2D eigenvalue weighted by molar-refractivity contribution is 0.0997. The molecule has 0 radical (unpaired) electrons. The molecule has 1 amide bonds. The number of aryl methyl sites for hydroxylation is 2. The van der Waals surface area contributed by atoms with Gasteiger partial charge in [-0.1, -0.05) is 0 Å². The molecule has 3 heterocycles. The number of aromatic nitrogens is 4. The van der Waals surface area contributed by atoms with Gasteiger partial charge in [-0.2, -0.15) is 5.10 Å². The van der Waals surface area contributed by atoms with E-state index in [4.69, 9.17) is 5.73 Å². The molecule has 170 valence electrons. The Balaban J connectivity index is 1.66. The van der Waals surface area contributed by atoms with Crippen LogP contribution in [0.25, 0.3) is 33.2 Å². The average Bonchev–Trinajstić information content (AvgIpc) is 3.15. The van der Waals surface area contributed by atoms with E-state index in [-0.39, 0.29) is 17.3 Å². The van der Waals surface area contributed by atoms with Crippen LogP contribution in [0, 0.1) is 6.92 Å². The first-order valence-corrected chi connectivity index (χ1v) is 11.0. The Morgan fingerprint density at radius 3 is 2.61 bits per heavy atom. The number of nitrogens with two attached hydrogens (primary N) is 1. The van der Waals surface area contributed by atoms with Crippen LogP contribution in [0.4, 0.5) is 5.69 Å². The molecule has 1 saturated heterocycles. The lowest BCUT2D eigenvalue weighted by Gasteiger charge is -2.37. The summed E-state index contributed by atoms with van der Waals surface area (Å²) in [4.78, 5) is 23.9. The topological polar surface area (TPSA) is 122 Å². The lowest BCUT2D eigenvalue weighted by atomic mass is 10.0. The molecule has 1 aliphatic heterocycles. The van der Waals surface area contributed by atoms with Crippen LogP contribution in [0.3, 0.4) is 0 Å². The summed E-state index contributed by atoms with van der Waals surface area (Å²) < 4.78 is 1.69. The average molecular weight is 446 g/mol. The van der Waals surface area contributed by atoms with E-state index in [1.54, 1.807) is 17.7 Å². The summed E-state index contributed by atoms with van der Waals surface area (Å²) in [5.41, 5.74) is 9.23. The summed E-state index contributed by atoms with van der Waals surface area (Å²) in [5, 5.41) is 20.2. The van der Waals surface area contributed by atoms with Crippen molar-refractivity contribution in [3.8, 4) is 17.1 Å². The molecule has 5 rings (SSSR count). The van der Waals surface area contributed by atoms with E-state index in [9.17, 15) is 9.90 Å². The molecule has 33 heavy (non-hydrogen) atoms. The van der Waals surface area contributed by atoms with Crippen LogP contribution >= 0.6 is 0 Å². The Labute approximate surface area is 191 Å². The number of primary amides is 1. The molecule has 2 aromatic heterocycles. The molecule has 0 saturated carbocycles.